The fourth-order valence-corrected chi connectivity index (χ4v) is 3.44. The molecule has 0 radical (unpaired) electrons. The summed E-state index contributed by atoms with van der Waals surface area (Å²) in [4.78, 5) is 0. The van der Waals surface area contributed by atoms with Crippen LogP contribution in [0.2, 0.25) is 0 Å². The van der Waals surface area contributed by atoms with E-state index in [0.717, 1.165) is 19.5 Å². The Morgan fingerprint density at radius 1 is 1.00 bits per heavy atom. The van der Waals surface area contributed by atoms with Crippen molar-refractivity contribution in [1.29, 1.82) is 0 Å². The van der Waals surface area contributed by atoms with Crippen LogP contribution in [0.1, 0.15) is 16.8 Å². The van der Waals surface area contributed by atoms with Crippen LogP contribution in [0.4, 0.5) is 0 Å². The van der Waals surface area contributed by atoms with Gasteiger partial charge in [0.1, 0.15) is 0 Å². The zero-order chi connectivity index (χ0) is 14.4. The van der Waals surface area contributed by atoms with Gasteiger partial charge in [0.05, 0.1) is 0 Å². The minimum atomic E-state index is 0.990. The molecule has 1 aliphatic rings. The first kappa shape index (κ1) is 12.7. The quantitative estimate of drug-likeness (QED) is 0.715. The Morgan fingerprint density at radius 2 is 1.76 bits per heavy atom. The fraction of sp³-hybridized carbons (Fsp3) is 0.263. The molecule has 2 nitrogen and oxygen atoms in total. The molecule has 0 fully saturated rings. The van der Waals surface area contributed by atoms with Crippen molar-refractivity contribution in [2.24, 2.45) is 7.05 Å². The molecule has 3 aromatic rings. The van der Waals surface area contributed by atoms with Crippen molar-refractivity contribution in [3.05, 3.63) is 59.3 Å². The number of hydrogen-bond acceptors (Lipinski definition) is 1. The summed E-state index contributed by atoms with van der Waals surface area (Å²) in [5.41, 5.74) is 8.23. The second-order valence-corrected chi connectivity index (χ2v) is 6.01. The van der Waals surface area contributed by atoms with Crippen molar-refractivity contribution in [1.82, 2.24) is 9.88 Å². The summed E-state index contributed by atoms with van der Waals surface area (Å²) in [6, 6.07) is 15.7. The standard InChI is InChI=1S/C19H20N2/c1-13-3-5-14(6-4-13)15-7-8-18-16(11-15)17-12-20-10-9-19(17)21(18)2/h3-8,11,20H,9-10,12H2,1-2H3. The lowest BCUT2D eigenvalue weighted by Gasteiger charge is -2.14. The third kappa shape index (κ3) is 1.98. The monoisotopic (exact) mass is 276 g/mol. The van der Waals surface area contributed by atoms with Gasteiger partial charge in [-0.2, -0.15) is 0 Å². The van der Waals surface area contributed by atoms with Gasteiger partial charge in [0.25, 0.3) is 0 Å². The summed E-state index contributed by atoms with van der Waals surface area (Å²) in [7, 11) is 2.19. The van der Waals surface area contributed by atoms with Crippen LogP contribution >= 0.6 is 0 Å². The summed E-state index contributed by atoms with van der Waals surface area (Å²) in [6.07, 6.45) is 1.13. The first-order valence-electron chi connectivity index (χ1n) is 7.62. The van der Waals surface area contributed by atoms with Crippen LogP contribution in [0.25, 0.3) is 22.0 Å². The van der Waals surface area contributed by atoms with Crippen LogP contribution < -0.4 is 5.32 Å². The lowest BCUT2D eigenvalue weighted by Crippen LogP contribution is -2.24. The Bertz CT molecular complexity index is 810. The molecule has 0 aliphatic carbocycles. The fourth-order valence-electron chi connectivity index (χ4n) is 3.44. The third-order valence-electron chi connectivity index (χ3n) is 4.66. The number of rotatable bonds is 1. The Morgan fingerprint density at radius 3 is 2.57 bits per heavy atom. The number of fused-ring (bicyclic) bond motifs is 3. The van der Waals surface area contributed by atoms with E-state index >= 15 is 0 Å². The average Bonchev–Trinajstić information content (AvgIpc) is 2.81. The van der Waals surface area contributed by atoms with E-state index in [1.54, 1.807) is 0 Å². The largest absolute Gasteiger partial charge is 0.347 e. The highest BCUT2D eigenvalue weighted by Crippen LogP contribution is 2.31. The van der Waals surface area contributed by atoms with E-state index in [4.69, 9.17) is 0 Å². The molecule has 2 heteroatoms. The molecule has 1 N–H and O–H groups in total. The van der Waals surface area contributed by atoms with Gasteiger partial charge in [-0.1, -0.05) is 35.9 Å². The summed E-state index contributed by atoms with van der Waals surface area (Å²) in [5.74, 6) is 0. The molecule has 106 valence electrons. The lowest BCUT2D eigenvalue weighted by molar-refractivity contribution is 0.622. The van der Waals surface area contributed by atoms with Gasteiger partial charge in [-0.25, -0.2) is 0 Å². The van der Waals surface area contributed by atoms with Crippen LogP contribution in [-0.2, 0) is 20.0 Å². The highest BCUT2D eigenvalue weighted by molar-refractivity contribution is 5.90. The van der Waals surface area contributed by atoms with Crippen LogP contribution in [0.15, 0.2) is 42.5 Å². The Labute approximate surface area is 125 Å². The average molecular weight is 276 g/mol. The Balaban J connectivity index is 1.91. The van der Waals surface area contributed by atoms with Gasteiger partial charge in [0, 0.05) is 43.2 Å². The first-order chi connectivity index (χ1) is 10.2. The summed E-state index contributed by atoms with van der Waals surface area (Å²) < 4.78 is 2.37. The maximum absolute atomic E-state index is 3.50. The molecule has 4 rings (SSSR count). The molecule has 0 amide bonds. The van der Waals surface area contributed by atoms with Gasteiger partial charge >= 0.3 is 0 Å². The van der Waals surface area contributed by atoms with Crippen molar-refractivity contribution >= 4 is 10.9 Å². The van der Waals surface area contributed by atoms with Crippen LogP contribution in [-0.4, -0.2) is 11.1 Å². The van der Waals surface area contributed by atoms with E-state index in [9.17, 15) is 0 Å². The molecule has 0 atom stereocenters. The van der Waals surface area contributed by atoms with E-state index in [1.165, 1.54) is 38.9 Å². The molecule has 0 bridgehead atoms. The second kappa shape index (κ2) is 4.74. The number of hydrogen-bond donors (Lipinski definition) is 1. The van der Waals surface area contributed by atoms with Gasteiger partial charge in [-0.15, -0.1) is 0 Å². The summed E-state index contributed by atoms with van der Waals surface area (Å²) in [5, 5.41) is 4.90. The maximum Gasteiger partial charge on any atom is 0.0483 e. The minimum absolute atomic E-state index is 0.990. The van der Waals surface area contributed by atoms with Gasteiger partial charge in [0.15, 0.2) is 0 Å². The summed E-state index contributed by atoms with van der Waals surface area (Å²) in [6.45, 7) is 4.21. The van der Waals surface area contributed by atoms with Crippen molar-refractivity contribution in [2.45, 2.75) is 19.9 Å². The van der Waals surface area contributed by atoms with Crippen LogP contribution in [0, 0.1) is 6.92 Å². The Hall–Kier alpha value is -2.06. The van der Waals surface area contributed by atoms with E-state index in [-0.39, 0.29) is 0 Å². The minimum Gasteiger partial charge on any atom is -0.347 e. The Kier molecular flexibility index (Phi) is 2.86. The number of nitrogens with zero attached hydrogens (tertiary/aromatic N) is 1. The predicted molar refractivity (Wildman–Crippen MR) is 88.5 cm³/mol. The van der Waals surface area contributed by atoms with E-state index < -0.39 is 0 Å². The van der Waals surface area contributed by atoms with Gasteiger partial charge in [-0.05, 0) is 35.7 Å². The number of aryl methyl sites for hydroxylation is 2. The molecule has 1 aromatic heterocycles. The molecule has 1 aliphatic heterocycles. The zero-order valence-electron chi connectivity index (χ0n) is 12.6. The highest BCUT2D eigenvalue weighted by atomic mass is 15.0. The van der Waals surface area contributed by atoms with Gasteiger partial charge in [0.2, 0.25) is 0 Å². The molecule has 0 spiro atoms. The zero-order valence-corrected chi connectivity index (χ0v) is 12.6. The van der Waals surface area contributed by atoms with E-state index in [2.05, 4.69) is 66.3 Å². The molecular formula is C19H20N2. The number of aromatic nitrogens is 1. The molecular weight excluding hydrogens is 256 g/mol. The second-order valence-electron chi connectivity index (χ2n) is 6.01. The van der Waals surface area contributed by atoms with Crippen molar-refractivity contribution in [3.63, 3.8) is 0 Å². The predicted octanol–water partition coefficient (Wildman–Crippen LogP) is 3.80. The van der Waals surface area contributed by atoms with Gasteiger partial charge < -0.3 is 9.88 Å². The highest BCUT2D eigenvalue weighted by Gasteiger charge is 2.18. The molecule has 2 aromatic carbocycles. The molecule has 0 saturated carbocycles. The van der Waals surface area contributed by atoms with Crippen molar-refractivity contribution in [3.8, 4) is 11.1 Å². The molecule has 2 heterocycles. The molecule has 0 saturated heterocycles. The third-order valence-corrected chi connectivity index (χ3v) is 4.66. The topological polar surface area (TPSA) is 17.0 Å². The van der Waals surface area contributed by atoms with E-state index in [1.807, 2.05) is 0 Å². The normalized spacial score (nSPS) is 14.4. The van der Waals surface area contributed by atoms with Crippen LogP contribution in [0.5, 0.6) is 0 Å². The summed E-state index contributed by atoms with van der Waals surface area (Å²) >= 11 is 0. The van der Waals surface area contributed by atoms with Crippen LogP contribution in [0.3, 0.4) is 0 Å². The SMILES string of the molecule is Cc1ccc(-c2ccc3c(c2)c2c(n3C)CCNC2)cc1. The lowest BCUT2D eigenvalue weighted by atomic mass is 10.00. The number of benzene rings is 2. The smallest absolute Gasteiger partial charge is 0.0483 e. The first-order valence-corrected chi connectivity index (χ1v) is 7.62. The number of nitrogens with one attached hydrogen (secondary N) is 1. The molecule has 0 unspecified atom stereocenters. The molecule has 21 heavy (non-hydrogen) atoms. The van der Waals surface area contributed by atoms with Crippen molar-refractivity contribution < 1.29 is 0 Å². The van der Waals surface area contributed by atoms with E-state index in [0.29, 0.717) is 0 Å². The van der Waals surface area contributed by atoms with Crippen molar-refractivity contribution in [2.75, 3.05) is 6.54 Å². The van der Waals surface area contributed by atoms with Gasteiger partial charge in [-0.3, -0.25) is 0 Å². The maximum atomic E-state index is 3.50.